The van der Waals surface area contributed by atoms with Gasteiger partial charge in [-0.25, -0.2) is 8.42 Å². The summed E-state index contributed by atoms with van der Waals surface area (Å²) in [6.45, 7) is 3.81. The lowest BCUT2D eigenvalue weighted by Gasteiger charge is -2.12. The number of carbonyl (C=O) groups is 1. The van der Waals surface area contributed by atoms with Gasteiger partial charge in [0.2, 0.25) is 5.91 Å². The molecule has 2 N–H and O–H groups in total. The molecule has 5 nitrogen and oxygen atoms in total. The molecule has 25 heavy (non-hydrogen) atoms. The zero-order valence-corrected chi connectivity index (χ0v) is 16.1. The maximum Gasteiger partial charge on any atom is 0.261 e. The van der Waals surface area contributed by atoms with Gasteiger partial charge in [0.15, 0.2) is 0 Å². The Morgan fingerprint density at radius 3 is 2.72 bits per heavy atom. The number of amides is 1. The second kappa shape index (κ2) is 6.90. The third kappa shape index (κ3) is 4.11. The van der Waals surface area contributed by atoms with Crippen molar-refractivity contribution < 1.29 is 13.2 Å². The van der Waals surface area contributed by atoms with Crippen LogP contribution in [0.4, 0.5) is 11.4 Å². The van der Waals surface area contributed by atoms with Crippen LogP contribution in [0.3, 0.4) is 0 Å². The van der Waals surface area contributed by atoms with Crippen LogP contribution < -0.4 is 10.0 Å². The predicted octanol–water partition coefficient (Wildman–Crippen LogP) is 4.27. The summed E-state index contributed by atoms with van der Waals surface area (Å²) in [5.74, 6) is -0.119. The summed E-state index contributed by atoms with van der Waals surface area (Å²) in [7, 11) is -3.79. The minimum absolute atomic E-state index is 0.0819. The highest BCUT2D eigenvalue weighted by atomic mass is 35.5. The highest BCUT2D eigenvalue weighted by molar-refractivity contribution is 8.00. The van der Waals surface area contributed by atoms with Crippen LogP contribution in [0.5, 0.6) is 0 Å². The average molecular weight is 397 g/mol. The summed E-state index contributed by atoms with van der Waals surface area (Å²) in [5, 5.41) is 3.39. The molecular formula is C17H17ClN2O3S2. The fraction of sp³-hybridized carbons (Fsp3) is 0.235. The molecule has 0 saturated carbocycles. The largest absolute Gasteiger partial charge is 0.325 e. The smallest absolute Gasteiger partial charge is 0.261 e. The van der Waals surface area contributed by atoms with Gasteiger partial charge in [0.05, 0.1) is 16.3 Å². The Labute approximate surface area is 156 Å². The zero-order valence-electron chi connectivity index (χ0n) is 13.7. The molecule has 0 radical (unpaired) electrons. The number of aryl methyl sites for hydroxylation is 1. The summed E-state index contributed by atoms with van der Waals surface area (Å²) in [5.41, 5.74) is 1.77. The van der Waals surface area contributed by atoms with E-state index in [9.17, 15) is 13.2 Å². The molecular weight excluding hydrogens is 380 g/mol. The number of fused-ring (bicyclic) bond motifs is 1. The van der Waals surface area contributed by atoms with Gasteiger partial charge in [-0.2, -0.15) is 0 Å². The number of nitrogens with one attached hydrogen (secondary N) is 2. The molecule has 8 heteroatoms. The molecule has 0 aromatic heterocycles. The van der Waals surface area contributed by atoms with Crippen molar-refractivity contribution in [1.29, 1.82) is 0 Å². The molecule has 1 aliphatic rings. The molecule has 1 heterocycles. The first-order valence-corrected chi connectivity index (χ1v) is 10.4. The molecule has 1 amide bonds. The van der Waals surface area contributed by atoms with Crippen molar-refractivity contribution in [3.8, 4) is 0 Å². The number of hydrogen-bond donors (Lipinski definition) is 2. The van der Waals surface area contributed by atoms with Crippen LogP contribution in [0.15, 0.2) is 46.2 Å². The number of halogens is 1. The van der Waals surface area contributed by atoms with Crippen molar-refractivity contribution in [2.75, 3.05) is 10.0 Å². The highest BCUT2D eigenvalue weighted by Crippen LogP contribution is 2.36. The number of rotatable bonds is 3. The van der Waals surface area contributed by atoms with E-state index in [0.717, 1.165) is 10.5 Å². The van der Waals surface area contributed by atoms with E-state index in [-0.39, 0.29) is 16.1 Å². The molecule has 0 spiro atoms. The first kappa shape index (κ1) is 18.1. The zero-order chi connectivity index (χ0) is 18.2. The summed E-state index contributed by atoms with van der Waals surface area (Å²) >= 11 is 7.59. The molecule has 1 aliphatic heterocycles. The Morgan fingerprint density at radius 2 is 2.00 bits per heavy atom. The standard InChI is InChI=1S/C17H17ClN2O3S2/c1-10-3-4-12(8-14(10)18)20-25(22,23)13-5-6-16-15(9-13)19-17(21)7-11(2)24-16/h3-6,8-9,11,20H,7H2,1-2H3,(H,19,21)/t11-/m0/s1. The van der Waals surface area contributed by atoms with E-state index in [4.69, 9.17) is 11.6 Å². The van der Waals surface area contributed by atoms with Crippen LogP contribution >= 0.6 is 23.4 Å². The van der Waals surface area contributed by atoms with Gasteiger partial charge in [0, 0.05) is 21.6 Å². The van der Waals surface area contributed by atoms with Crippen molar-refractivity contribution >= 4 is 50.7 Å². The lowest BCUT2D eigenvalue weighted by Crippen LogP contribution is -2.15. The van der Waals surface area contributed by atoms with Gasteiger partial charge in [0.1, 0.15) is 0 Å². The van der Waals surface area contributed by atoms with E-state index in [0.29, 0.717) is 22.8 Å². The minimum Gasteiger partial charge on any atom is -0.325 e. The highest BCUT2D eigenvalue weighted by Gasteiger charge is 2.22. The Balaban J connectivity index is 1.92. The molecule has 0 unspecified atom stereocenters. The molecule has 0 saturated heterocycles. The summed E-state index contributed by atoms with van der Waals surface area (Å²) in [6.07, 6.45) is 0.390. The molecule has 0 aliphatic carbocycles. The fourth-order valence-corrected chi connectivity index (χ4v) is 4.78. The second-order valence-electron chi connectivity index (χ2n) is 5.91. The maximum atomic E-state index is 12.6. The molecule has 132 valence electrons. The van der Waals surface area contributed by atoms with Gasteiger partial charge >= 0.3 is 0 Å². The van der Waals surface area contributed by atoms with Crippen LogP contribution in [0.1, 0.15) is 18.9 Å². The fourth-order valence-electron chi connectivity index (χ4n) is 2.47. The topological polar surface area (TPSA) is 75.3 Å². The Bertz CT molecular complexity index is 945. The lowest BCUT2D eigenvalue weighted by atomic mass is 10.2. The molecule has 3 rings (SSSR count). The van der Waals surface area contributed by atoms with E-state index in [1.54, 1.807) is 36.0 Å². The number of sulfonamides is 1. The monoisotopic (exact) mass is 396 g/mol. The number of benzene rings is 2. The van der Waals surface area contributed by atoms with Gasteiger partial charge in [0.25, 0.3) is 10.0 Å². The van der Waals surface area contributed by atoms with Crippen molar-refractivity contribution in [1.82, 2.24) is 0 Å². The van der Waals surface area contributed by atoms with Crippen LogP contribution in [-0.2, 0) is 14.8 Å². The van der Waals surface area contributed by atoms with Crippen molar-refractivity contribution in [3.05, 3.63) is 47.0 Å². The van der Waals surface area contributed by atoms with Crippen LogP contribution in [0, 0.1) is 6.92 Å². The summed E-state index contributed by atoms with van der Waals surface area (Å²) in [4.78, 5) is 12.8. The molecule has 2 aromatic rings. The minimum atomic E-state index is -3.79. The first-order valence-electron chi connectivity index (χ1n) is 7.64. The van der Waals surface area contributed by atoms with E-state index >= 15 is 0 Å². The van der Waals surface area contributed by atoms with Crippen LogP contribution in [-0.4, -0.2) is 19.6 Å². The summed E-state index contributed by atoms with van der Waals surface area (Å²) < 4.78 is 27.8. The van der Waals surface area contributed by atoms with Crippen LogP contribution in [0.25, 0.3) is 0 Å². The number of anilines is 2. The third-order valence-electron chi connectivity index (χ3n) is 3.76. The van der Waals surface area contributed by atoms with E-state index in [1.165, 1.54) is 12.1 Å². The molecule has 1 atom stereocenters. The van der Waals surface area contributed by atoms with Crippen molar-refractivity contribution in [2.45, 2.75) is 35.3 Å². The maximum absolute atomic E-state index is 12.6. The van der Waals surface area contributed by atoms with Crippen LogP contribution in [0.2, 0.25) is 5.02 Å². The lowest BCUT2D eigenvalue weighted by molar-refractivity contribution is -0.116. The number of hydrogen-bond acceptors (Lipinski definition) is 4. The Morgan fingerprint density at radius 1 is 1.24 bits per heavy atom. The van der Waals surface area contributed by atoms with E-state index < -0.39 is 10.0 Å². The van der Waals surface area contributed by atoms with Gasteiger partial charge in [-0.1, -0.05) is 24.6 Å². The average Bonchev–Trinajstić information content (AvgIpc) is 2.66. The Kier molecular flexibility index (Phi) is 4.99. The van der Waals surface area contributed by atoms with Gasteiger partial charge < -0.3 is 5.32 Å². The SMILES string of the molecule is Cc1ccc(NS(=O)(=O)c2ccc3c(c2)NC(=O)C[C@H](C)S3)cc1Cl. The third-order valence-corrected chi connectivity index (χ3v) is 6.73. The van der Waals surface area contributed by atoms with Crippen molar-refractivity contribution in [3.63, 3.8) is 0 Å². The number of carbonyl (C=O) groups excluding carboxylic acids is 1. The summed E-state index contributed by atoms with van der Waals surface area (Å²) in [6, 6.07) is 9.71. The molecule has 0 bridgehead atoms. The second-order valence-corrected chi connectivity index (χ2v) is 9.48. The first-order chi connectivity index (χ1) is 11.7. The van der Waals surface area contributed by atoms with E-state index in [1.807, 2.05) is 13.8 Å². The quantitative estimate of drug-likeness (QED) is 0.812. The predicted molar refractivity (Wildman–Crippen MR) is 102 cm³/mol. The molecule has 2 aromatic carbocycles. The van der Waals surface area contributed by atoms with Gasteiger partial charge in [-0.05, 0) is 42.8 Å². The Hall–Kier alpha value is -1.70. The number of thioether (sulfide) groups is 1. The van der Waals surface area contributed by atoms with Crippen molar-refractivity contribution in [2.24, 2.45) is 0 Å². The normalized spacial score (nSPS) is 17.4. The molecule has 0 fully saturated rings. The van der Waals surface area contributed by atoms with E-state index in [2.05, 4.69) is 10.0 Å². The van der Waals surface area contributed by atoms with Gasteiger partial charge in [-0.15, -0.1) is 11.8 Å². The van der Waals surface area contributed by atoms with Gasteiger partial charge in [-0.3, -0.25) is 9.52 Å².